The Bertz CT molecular complexity index is 349. The molecular formula is C12H24N4O. The molecule has 0 radical (unpaired) electrons. The molecule has 0 amide bonds. The van der Waals surface area contributed by atoms with Crippen LogP contribution in [0.1, 0.15) is 25.1 Å². The van der Waals surface area contributed by atoms with Crippen molar-refractivity contribution in [3.63, 3.8) is 0 Å². The number of rotatable bonds is 7. The van der Waals surface area contributed by atoms with E-state index in [1.165, 1.54) is 5.56 Å². The van der Waals surface area contributed by atoms with Gasteiger partial charge in [0.05, 0.1) is 12.3 Å². The van der Waals surface area contributed by atoms with Crippen molar-refractivity contribution >= 4 is 5.82 Å². The third-order valence-corrected chi connectivity index (χ3v) is 2.94. The second-order valence-corrected chi connectivity index (χ2v) is 4.16. The Hall–Kier alpha value is -1.07. The Kier molecular flexibility index (Phi) is 5.44. The zero-order valence-corrected chi connectivity index (χ0v) is 11.3. The SMILES string of the molecule is CCNc1c(CN(CC)CCO)c(C)nn1C. The Morgan fingerprint density at radius 2 is 2.12 bits per heavy atom. The van der Waals surface area contributed by atoms with Crippen molar-refractivity contribution < 1.29 is 5.11 Å². The Labute approximate surface area is 103 Å². The molecule has 1 aromatic heterocycles. The van der Waals surface area contributed by atoms with Crippen LogP contribution in [0.2, 0.25) is 0 Å². The summed E-state index contributed by atoms with van der Waals surface area (Å²) in [5.41, 5.74) is 2.28. The van der Waals surface area contributed by atoms with Crippen LogP contribution in [0, 0.1) is 6.92 Å². The molecule has 0 unspecified atom stereocenters. The number of nitrogens with one attached hydrogen (secondary N) is 1. The highest BCUT2D eigenvalue weighted by Gasteiger charge is 2.15. The van der Waals surface area contributed by atoms with Gasteiger partial charge in [0.25, 0.3) is 0 Å². The maximum absolute atomic E-state index is 9.01. The Morgan fingerprint density at radius 1 is 1.41 bits per heavy atom. The van der Waals surface area contributed by atoms with Crippen molar-refractivity contribution in [3.8, 4) is 0 Å². The molecular weight excluding hydrogens is 216 g/mol. The number of aryl methyl sites for hydroxylation is 2. The smallest absolute Gasteiger partial charge is 0.128 e. The maximum Gasteiger partial charge on any atom is 0.128 e. The Morgan fingerprint density at radius 3 is 2.65 bits per heavy atom. The van der Waals surface area contributed by atoms with Crippen LogP contribution in [0.3, 0.4) is 0 Å². The molecule has 0 spiro atoms. The fraction of sp³-hybridized carbons (Fsp3) is 0.750. The van der Waals surface area contributed by atoms with Gasteiger partial charge >= 0.3 is 0 Å². The molecule has 0 bridgehead atoms. The zero-order valence-electron chi connectivity index (χ0n) is 11.3. The minimum absolute atomic E-state index is 0.198. The molecule has 2 N–H and O–H groups in total. The molecule has 0 aliphatic heterocycles. The average Bonchev–Trinajstić information content (AvgIpc) is 2.55. The molecule has 0 aromatic carbocycles. The van der Waals surface area contributed by atoms with E-state index in [4.69, 9.17) is 5.11 Å². The number of likely N-dealkylation sites (N-methyl/N-ethyl adjacent to an activating group) is 1. The first kappa shape index (κ1) is 14.0. The predicted octanol–water partition coefficient (Wildman–Crippen LogP) is 0.975. The highest BCUT2D eigenvalue weighted by Crippen LogP contribution is 2.20. The second-order valence-electron chi connectivity index (χ2n) is 4.16. The molecule has 0 fully saturated rings. The summed E-state index contributed by atoms with van der Waals surface area (Å²) >= 11 is 0. The van der Waals surface area contributed by atoms with E-state index in [0.717, 1.165) is 31.1 Å². The molecule has 0 aliphatic carbocycles. The van der Waals surface area contributed by atoms with E-state index >= 15 is 0 Å². The lowest BCUT2D eigenvalue weighted by Gasteiger charge is -2.19. The summed E-state index contributed by atoms with van der Waals surface area (Å²) in [5.74, 6) is 1.08. The van der Waals surface area contributed by atoms with E-state index < -0.39 is 0 Å². The fourth-order valence-corrected chi connectivity index (χ4v) is 1.99. The first-order chi connectivity index (χ1) is 8.13. The first-order valence-corrected chi connectivity index (χ1v) is 6.23. The van der Waals surface area contributed by atoms with Crippen molar-refractivity contribution in [3.05, 3.63) is 11.3 Å². The lowest BCUT2D eigenvalue weighted by Crippen LogP contribution is -2.26. The van der Waals surface area contributed by atoms with Crippen LogP contribution < -0.4 is 5.32 Å². The molecule has 98 valence electrons. The molecule has 1 heterocycles. The van der Waals surface area contributed by atoms with Crippen LogP contribution >= 0.6 is 0 Å². The summed E-state index contributed by atoms with van der Waals surface area (Å²) < 4.78 is 1.89. The summed E-state index contributed by atoms with van der Waals surface area (Å²) in [6.07, 6.45) is 0. The normalized spacial score (nSPS) is 11.2. The third-order valence-electron chi connectivity index (χ3n) is 2.94. The summed E-state index contributed by atoms with van der Waals surface area (Å²) in [5, 5.41) is 16.8. The van der Waals surface area contributed by atoms with Gasteiger partial charge in [-0.1, -0.05) is 6.92 Å². The second kappa shape index (κ2) is 6.61. The van der Waals surface area contributed by atoms with Gasteiger partial charge in [0.15, 0.2) is 0 Å². The standard InChI is InChI=1S/C12H24N4O/c1-5-13-12-11(10(3)14-15(12)4)9-16(6-2)7-8-17/h13,17H,5-9H2,1-4H3. The minimum atomic E-state index is 0.198. The lowest BCUT2D eigenvalue weighted by molar-refractivity contribution is 0.197. The monoisotopic (exact) mass is 240 g/mol. The van der Waals surface area contributed by atoms with Gasteiger partial charge in [-0.15, -0.1) is 0 Å². The molecule has 0 aliphatic rings. The van der Waals surface area contributed by atoms with Crippen LogP contribution in [0.4, 0.5) is 5.82 Å². The van der Waals surface area contributed by atoms with E-state index in [0.29, 0.717) is 6.54 Å². The van der Waals surface area contributed by atoms with Gasteiger partial charge in [-0.05, 0) is 20.4 Å². The highest BCUT2D eigenvalue weighted by atomic mass is 16.3. The number of hydrogen-bond acceptors (Lipinski definition) is 4. The Balaban J connectivity index is 2.87. The average molecular weight is 240 g/mol. The topological polar surface area (TPSA) is 53.3 Å². The number of anilines is 1. The quantitative estimate of drug-likeness (QED) is 0.746. The van der Waals surface area contributed by atoms with Crippen molar-refractivity contribution in [1.29, 1.82) is 0 Å². The molecule has 1 aromatic rings. The van der Waals surface area contributed by atoms with Crippen molar-refractivity contribution in [1.82, 2.24) is 14.7 Å². The van der Waals surface area contributed by atoms with E-state index in [-0.39, 0.29) is 6.61 Å². The van der Waals surface area contributed by atoms with Crippen LogP contribution in [0.25, 0.3) is 0 Å². The molecule has 5 heteroatoms. The maximum atomic E-state index is 9.01. The predicted molar refractivity (Wildman–Crippen MR) is 70.1 cm³/mol. The van der Waals surface area contributed by atoms with Crippen molar-refractivity contribution in [2.24, 2.45) is 7.05 Å². The third kappa shape index (κ3) is 3.44. The lowest BCUT2D eigenvalue weighted by atomic mass is 10.2. The summed E-state index contributed by atoms with van der Waals surface area (Å²) in [6.45, 7) is 9.77. The molecule has 1 rings (SSSR count). The van der Waals surface area contributed by atoms with Gasteiger partial charge < -0.3 is 10.4 Å². The van der Waals surface area contributed by atoms with Crippen LogP contribution in [-0.4, -0.2) is 46.0 Å². The number of aromatic nitrogens is 2. The van der Waals surface area contributed by atoms with E-state index in [1.807, 2.05) is 18.7 Å². The molecule has 0 saturated carbocycles. The van der Waals surface area contributed by atoms with Crippen molar-refractivity contribution in [2.45, 2.75) is 27.3 Å². The zero-order chi connectivity index (χ0) is 12.8. The summed E-state index contributed by atoms with van der Waals surface area (Å²) in [4.78, 5) is 2.21. The van der Waals surface area contributed by atoms with E-state index in [1.54, 1.807) is 0 Å². The van der Waals surface area contributed by atoms with Gasteiger partial charge in [0.1, 0.15) is 5.82 Å². The number of hydrogen-bond donors (Lipinski definition) is 2. The van der Waals surface area contributed by atoms with Gasteiger partial charge in [-0.2, -0.15) is 5.10 Å². The van der Waals surface area contributed by atoms with E-state index in [2.05, 4.69) is 29.2 Å². The summed E-state index contributed by atoms with van der Waals surface area (Å²) in [6, 6.07) is 0. The van der Waals surface area contributed by atoms with E-state index in [9.17, 15) is 0 Å². The van der Waals surface area contributed by atoms with Gasteiger partial charge in [0, 0.05) is 32.2 Å². The van der Waals surface area contributed by atoms with Gasteiger partial charge in [-0.25, -0.2) is 0 Å². The van der Waals surface area contributed by atoms with Gasteiger partial charge in [0.2, 0.25) is 0 Å². The molecule has 17 heavy (non-hydrogen) atoms. The summed E-state index contributed by atoms with van der Waals surface area (Å²) in [7, 11) is 1.96. The minimum Gasteiger partial charge on any atom is -0.395 e. The van der Waals surface area contributed by atoms with Gasteiger partial charge in [-0.3, -0.25) is 9.58 Å². The molecule has 5 nitrogen and oxygen atoms in total. The molecule has 0 atom stereocenters. The van der Waals surface area contributed by atoms with Crippen LogP contribution in [0.15, 0.2) is 0 Å². The largest absolute Gasteiger partial charge is 0.395 e. The van der Waals surface area contributed by atoms with Crippen LogP contribution in [-0.2, 0) is 13.6 Å². The number of aliphatic hydroxyl groups excluding tert-OH is 1. The fourth-order valence-electron chi connectivity index (χ4n) is 1.99. The number of aliphatic hydroxyl groups is 1. The molecule has 0 saturated heterocycles. The first-order valence-electron chi connectivity index (χ1n) is 6.23. The van der Waals surface area contributed by atoms with Crippen molar-refractivity contribution in [2.75, 3.05) is 31.6 Å². The highest BCUT2D eigenvalue weighted by molar-refractivity contribution is 5.47. The van der Waals surface area contributed by atoms with Crippen LogP contribution in [0.5, 0.6) is 0 Å². The number of nitrogens with zero attached hydrogens (tertiary/aromatic N) is 3.